The lowest BCUT2D eigenvalue weighted by molar-refractivity contribution is 0.520. The molecule has 78 valence electrons. The standard InChI is InChI=1S/C11H15BrFN/c1-8(7-14-2)5-9-3-4-10(12)6-11(9)13/h3-4,6,8,14H,5,7H2,1-2H3. The highest BCUT2D eigenvalue weighted by Crippen LogP contribution is 2.17. The van der Waals surface area contributed by atoms with E-state index in [1.807, 2.05) is 19.2 Å². The van der Waals surface area contributed by atoms with Gasteiger partial charge in [-0.05, 0) is 43.6 Å². The first-order valence-electron chi connectivity index (χ1n) is 4.72. The zero-order chi connectivity index (χ0) is 10.6. The third kappa shape index (κ3) is 3.39. The highest BCUT2D eigenvalue weighted by molar-refractivity contribution is 9.10. The molecule has 0 fully saturated rings. The second kappa shape index (κ2) is 5.47. The Bertz CT molecular complexity index is 301. The van der Waals surface area contributed by atoms with Crippen molar-refractivity contribution in [3.8, 4) is 0 Å². The van der Waals surface area contributed by atoms with Crippen LogP contribution in [-0.4, -0.2) is 13.6 Å². The molecule has 0 aliphatic rings. The van der Waals surface area contributed by atoms with E-state index in [-0.39, 0.29) is 5.82 Å². The van der Waals surface area contributed by atoms with Crippen molar-refractivity contribution in [1.82, 2.24) is 5.32 Å². The van der Waals surface area contributed by atoms with Gasteiger partial charge < -0.3 is 5.32 Å². The molecule has 0 saturated carbocycles. The Morgan fingerprint density at radius 3 is 2.79 bits per heavy atom. The van der Waals surface area contributed by atoms with Gasteiger partial charge in [-0.2, -0.15) is 0 Å². The SMILES string of the molecule is CNCC(C)Cc1ccc(Br)cc1F. The van der Waals surface area contributed by atoms with Gasteiger partial charge in [-0.25, -0.2) is 4.39 Å². The average Bonchev–Trinajstić information content (AvgIpc) is 2.10. The molecular formula is C11H15BrFN. The molecule has 0 saturated heterocycles. The molecule has 0 heterocycles. The van der Waals surface area contributed by atoms with Crippen LogP contribution in [0, 0.1) is 11.7 Å². The smallest absolute Gasteiger partial charge is 0.127 e. The van der Waals surface area contributed by atoms with Crippen LogP contribution in [0.5, 0.6) is 0 Å². The van der Waals surface area contributed by atoms with Gasteiger partial charge in [-0.3, -0.25) is 0 Å². The minimum Gasteiger partial charge on any atom is -0.319 e. The lowest BCUT2D eigenvalue weighted by Crippen LogP contribution is -2.18. The summed E-state index contributed by atoms with van der Waals surface area (Å²) >= 11 is 3.24. The fourth-order valence-electron chi connectivity index (χ4n) is 1.48. The Morgan fingerprint density at radius 1 is 1.50 bits per heavy atom. The van der Waals surface area contributed by atoms with Crippen LogP contribution in [0.15, 0.2) is 22.7 Å². The summed E-state index contributed by atoms with van der Waals surface area (Å²) in [4.78, 5) is 0. The average molecular weight is 260 g/mol. The molecule has 1 rings (SSSR count). The number of nitrogens with one attached hydrogen (secondary N) is 1. The van der Waals surface area contributed by atoms with E-state index in [0.717, 1.165) is 23.0 Å². The molecule has 14 heavy (non-hydrogen) atoms. The minimum atomic E-state index is -0.123. The number of rotatable bonds is 4. The minimum absolute atomic E-state index is 0.123. The van der Waals surface area contributed by atoms with E-state index in [2.05, 4.69) is 28.2 Å². The van der Waals surface area contributed by atoms with Crippen molar-refractivity contribution < 1.29 is 4.39 Å². The van der Waals surface area contributed by atoms with Gasteiger partial charge in [-0.15, -0.1) is 0 Å². The van der Waals surface area contributed by atoms with Gasteiger partial charge in [0, 0.05) is 4.47 Å². The quantitative estimate of drug-likeness (QED) is 0.877. The van der Waals surface area contributed by atoms with Crippen LogP contribution in [0.4, 0.5) is 4.39 Å². The van der Waals surface area contributed by atoms with Crippen molar-refractivity contribution in [1.29, 1.82) is 0 Å². The number of hydrogen-bond donors (Lipinski definition) is 1. The Hall–Kier alpha value is -0.410. The van der Waals surface area contributed by atoms with Crippen LogP contribution >= 0.6 is 15.9 Å². The van der Waals surface area contributed by atoms with E-state index >= 15 is 0 Å². The summed E-state index contributed by atoms with van der Waals surface area (Å²) in [5.41, 5.74) is 0.788. The van der Waals surface area contributed by atoms with E-state index in [0.29, 0.717) is 5.92 Å². The fraction of sp³-hybridized carbons (Fsp3) is 0.455. The number of hydrogen-bond acceptors (Lipinski definition) is 1. The maximum absolute atomic E-state index is 13.4. The molecule has 1 nitrogen and oxygen atoms in total. The summed E-state index contributed by atoms with van der Waals surface area (Å²) in [6.45, 7) is 3.02. The summed E-state index contributed by atoms with van der Waals surface area (Å²) in [5.74, 6) is 0.331. The van der Waals surface area contributed by atoms with Gasteiger partial charge in [-0.1, -0.05) is 28.9 Å². The predicted octanol–water partition coefficient (Wildman–Crippen LogP) is 2.99. The van der Waals surface area contributed by atoms with E-state index < -0.39 is 0 Å². The molecule has 0 aromatic heterocycles. The summed E-state index contributed by atoms with van der Waals surface area (Å²) in [6, 6.07) is 5.23. The predicted molar refractivity (Wildman–Crippen MR) is 60.9 cm³/mol. The topological polar surface area (TPSA) is 12.0 Å². The Labute approximate surface area is 92.8 Å². The van der Waals surface area contributed by atoms with Crippen molar-refractivity contribution >= 4 is 15.9 Å². The third-order valence-electron chi connectivity index (χ3n) is 2.14. The van der Waals surface area contributed by atoms with Gasteiger partial charge in [0.2, 0.25) is 0 Å². The third-order valence-corrected chi connectivity index (χ3v) is 2.63. The highest BCUT2D eigenvalue weighted by atomic mass is 79.9. The normalized spacial score (nSPS) is 12.9. The zero-order valence-electron chi connectivity index (χ0n) is 8.48. The van der Waals surface area contributed by atoms with Crippen molar-refractivity contribution in [2.75, 3.05) is 13.6 Å². The van der Waals surface area contributed by atoms with Crippen LogP contribution in [0.25, 0.3) is 0 Å². The molecule has 1 atom stereocenters. The maximum atomic E-state index is 13.4. The van der Waals surface area contributed by atoms with Crippen molar-refractivity contribution in [3.05, 3.63) is 34.1 Å². The Morgan fingerprint density at radius 2 is 2.21 bits per heavy atom. The van der Waals surface area contributed by atoms with Gasteiger partial charge in [0.05, 0.1) is 0 Å². The number of halogens is 2. The monoisotopic (exact) mass is 259 g/mol. The van der Waals surface area contributed by atoms with Gasteiger partial charge in [0.15, 0.2) is 0 Å². The van der Waals surface area contributed by atoms with Gasteiger partial charge >= 0.3 is 0 Å². The maximum Gasteiger partial charge on any atom is 0.127 e. The number of benzene rings is 1. The van der Waals surface area contributed by atoms with Crippen molar-refractivity contribution in [3.63, 3.8) is 0 Å². The molecule has 0 aliphatic carbocycles. The van der Waals surface area contributed by atoms with Gasteiger partial charge in [0.1, 0.15) is 5.82 Å². The van der Waals surface area contributed by atoms with E-state index in [1.165, 1.54) is 6.07 Å². The van der Waals surface area contributed by atoms with Crippen LogP contribution in [0.2, 0.25) is 0 Å². The molecular weight excluding hydrogens is 245 g/mol. The lowest BCUT2D eigenvalue weighted by Gasteiger charge is -2.11. The van der Waals surface area contributed by atoms with E-state index in [4.69, 9.17) is 0 Å². The van der Waals surface area contributed by atoms with Crippen LogP contribution < -0.4 is 5.32 Å². The first kappa shape index (κ1) is 11.7. The molecule has 0 bridgehead atoms. The largest absolute Gasteiger partial charge is 0.319 e. The molecule has 1 N–H and O–H groups in total. The summed E-state index contributed by atoms with van der Waals surface area (Å²) in [5, 5.41) is 3.09. The molecule has 1 unspecified atom stereocenters. The molecule has 1 aromatic carbocycles. The fourth-order valence-corrected chi connectivity index (χ4v) is 1.82. The van der Waals surface area contributed by atoms with E-state index in [1.54, 1.807) is 0 Å². The molecule has 0 aliphatic heterocycles. The first-order chi connectivity index (χ1) is 6.63. The summed E-state index contributed by atoms with van der Waals surface area (Å²) < 4.78 is 14.2. The molecule has 1 aromatic rings. The second-order valence-electron chi connectivity index (χ2n) is 3.60. The molecule has 0 radical (unpaired) electrons. The Balaban J connectivity index is 2.67. The van der Waals surface area contributed by atoms with E-state index in [9.17, 15) is 4.39 Å². The van der Waals surface area contributed by atoms with Crippen LogP contribution in [0.1, 0.15) is 12.5 Å². The molecule has 3 heteroatoms. The van der Waals surface area contributed by atoms with Crippen molar-refractivity contribution in [2.45, 2.75) is 13.3 Å². The van der Waals surface area contributed by atoms with Crippen molar-refractivity contribution in [2.24, 2.45) is 5.92 Å². The summed E-state index contributed by atoms with van der Waals surface area (Å²) in [7, 11) is 1.91. The lowest BCUT2D eigenvalue weighted by atomic mass is 10.0. The second-order valence-corrected chi connectivity index (χ2v) is 4.52. The Kier molecular flexibility index (Phi) is 4.55. The van der Waals surface area contributed by atoms with Crippen LogP contribution in [-0.2, 0) is 6.42 Å². The zero-order valence-corrected chi connectivity index (χ0v) is 10.1. The first-order valence-corrected chi connectivity index (χ1v) is 5.51. The highest BCUT2D eigenvalue weighted by Gasteiger charge is 2.07. The summed E-state index contributed by atoms with van der Waals surface area (Å²) in [6.07, 6.45) is 0.778. The van der Waals surface area contributed by atoms with Gasteiger partial charge in [0.25, 0.3) is 0 Å². The molecule has 0 spiro atoms. The molecule has 0 amide bonds. The van der Waals surface area contributed by atoms with Crippen LogP contribution in [0.3, 0.4) is 0 Å².